The second-order valence-corrected chi connectivity index (χ2v) is 3.34. The molecule has 0 radical (unpaired) electrons. The third-order valence-corrected chi connectivity index (χ3v) is 1.22. The molecule has 0 aromatic carbocycles. The van der Waals surface area contributed by atoms with Crippen molar-refractivity contribution in [2.75, 3.05) is 7.11 Å². The third-order valence-electron chi connectivity index (χ3n) is 0.408. The van der Waals surface area contributed by atoms with E-state index >= 15 is 0 Å². The Morgan fingerprint density at radius 2 is 2.00 bits per heavy atom. The number of hydrogen-bond acceptors (Lipinski definition) is 1. The molecular formula is C3H10OSi. The molecule has 0 aliphatic carbocycles. The van der Waals surface area contributed by atoms with E-state index in [-0.39, 0.29) is 0 Å². The van der Waals surface area contributed by atoms with Crippen LogP contribution in [0.4, 0.5) is 0 Å². The summed E-state index contributed by atoms with van der Waals surface area (Å²) in [6.07, 6.45) is 0. The summed E-state index contributed by atoms with van der Waals surface area (Å²) in [6.45, 7) is 3.65. The van der Waals surface area contributed by atoms with Gasteiger partial charge in [-0.15, -0.1) is 0 Å². The lowest BCUT2D eigenvalue weighted by molar-refractivity contribution is 0.430. The lowest BCUT2D eigenvalue weighted by Gasteiger charge is -1.92. The summed E-state index contributed by atoms with van der Waals surface area (Å²) < 4.78 is 11.8. The fraction of sp³-hybridized carbons (Fsp3) is 1.00. The van der Waals surface area contributed by atoms with Crippen LogP contribution < -0.4 is 0 Å². The Labute approximate surface area is 35.9 Å². The van der Waals surface area contributed by atoms with Crippen LogP contribution in [0.15, 0.2) is 0 Å². The normalized spacial score (nSPS) is 14.6. The summed E-state index contributed by atoms with van der Waals surface area (Å²) in [5, 5.41) is 0. The van der Waals surface area contributed by atoms with Crippen LogP contribution in [0.25, 0.3) is 0 Å². The van der Waals surface area contributed by atoms with E-state index in [9.17, 15) is 0 Å². The van der Waals surface area contributed by atoms with Crippen LogP contribution in [0.5, 0.6) is 0 Å². The smallest absolute Gasteiger partial charge is 0.170 e. The molecule has 0 atom stereocenters. The maximum Gasteiger partial charge on any atom is 0.170 e. The minimum Gasteiger partial charge on any atom is -0.424 e. The second-order valence-electron chi connectivity index (χ2n) is 1.11. The summed E-state index contributed by atoms with van der Waals surface area (Å²) in [7, 11) is -0.299. The van der Waals surface area contributed by atoms with Gasteiger partial charge in [-0.1, -0.05) is 0 Å². The highest BCUT2D eigenvalue weighted by Gasteiger charge is 1.83. The maximum absolute atomic E-state index is 7.10. The van der Waals surface area contributed by atoms with Crippen LogP contribution in [-0.2, 0) is 4.43 Å². The zero-order chi connectivity index (χ0) is 5.21. The highest BCUT2D eigenvalue weighted by atomic mass is 28.3. The minimum absolute atomic E-state index is 1.58. The topological polar surface area (TPSA) is 9.23 Å². The van der Waals surface area contributed by atoms with E-state index in [2.05, 4.69) is 0 Å². The minimum atomic E-state index is -1.88. The molecule has 0 saturated heterocycles. The lowest BCUT2D eigenvalue weighted by atomic mass is 11.8. The van der Waals surface area contributed by atoms with Gasteiger partial charge in [0.15, 0.2) is 8.97 Å². The van der Waals surface area contributed by atoms with E-state index < -0.39 is 8.97 Å². The van der Waals surface area contributed by atoms with Crippen molar-refractivity contribution in [3.8, 4) is 0 Å². The van der Waals surface area contributed by atoms with Crippen LogP contribution in [-0.4, -0.2) is 17.3 Å². The molecule has 0 aromatic rings. The summed E-state index contributed by atoms with van der Waals surface area (Å²) in [6, 6.07) is 0. The fourth-order valence-electron chi connectivity index (χ4n) is 0. The van der Waals surface area contributed by atoms with Crippen molar-refractivity contribution >= 4 is 8.97 Å². The average molecular weight is 92.2 g/mol. The molecule has 0 N–H and O–H groups in total. The van der Waals surface area contributed by atoms with E-state index in [1.807, 2.05) is 13.1 Å². The van der Waals surface area contributed by atoms with Crippen LogP contribution in [0.2, 0.25) is 13.1 Å². The Hall–Kier alpha value is 0.177. The van der Waals surface area contributed by atoms with Crippen LogP contribution in [0.1, 0.15) is 0 Å². The molecule has 5 heavy (non-hydrogen) atoms. The highest BCUT2D eigenvalue weighted by Crippen LogP contribution is 1.73. The first-order chi connectivity index (χ1) is 2.56. The molecule has 0 rings (SSSR count). The van der Waals surface area contributed by atoms with Gasteiger partial charge in [-0.2, -0.15) is 0 Å². The third kappa shape index (κ3) is 4.18. The molecule has 0 aliphatic rings. The van der Waals surface area contributed by atoms with Crippen molar-refractivity contribution in [2.24, 2.45) is 0 Å². The molecule has 0 spiro atoms. The Morgan fingerprint density at radius 1 is 1.80 bits per heavy atom. The van der Waals surface area contributed by atoms with Gasteiger partial charge in [0.05, 0.1) is 0 Å². The van der Waals surface area contributed by atoms with E-state index in [1.165, 1.54) is 0 Å². The van der Waals surface area contributed by atoms with E-state index in [0.29, 0.717) is 0 Å². The predicted octanol–water partition coefficient (Wildman–Crippen LogP) is 0.616. The molecule has 0 fully saturated rings. The van der Waals surface area contributed by atoms with Crippen molar-refractivity contribution in [1.29, 1.82) is 1.23 Å². The first-order valence-corrected chi connectivity index (χ1v) is 4.02. The first-order valence-electron chi connectivity index (χ1n) is 2.11. The quantitative estimate of drug-likeness (QED) is 0.431. The highest BCUT2D eigenvalue weighted by molar-refractivity contribution is 6.48. The van der Waals surface area contributed by atoms with Gasteiger partial charge in [0.2, 0.25) is 0 Å². The van der Waals surface area contributed by atoms with Crippen molar-refractivity contribution in [1.82, 2.24) is 0 Å². The monoisotopic (exact) mass is 92.1 g/mol. The molecule has 0 saturated carbocycles. The van der Waals surface area contributed by atoms with Gasteiger partial charge in [0.1, 0.15) is 0 Å². The predicted molar refractivity (Wildman–Crippen MR) is 25.9 cm³/mol. The fourth-order valence-corrected chi connectivity index (χ4v) is 0. The van der Waals surface area contributed by atoms with E-state index in [1.54, 1.807) is 7.11 Å². The second kappa shape index (κ2) is 2.42. The van der Waals surface area contributed by atoms with Crippen LogP contribution in [0, 0.1) is 0 Å². The first kappa shape index (κ1) is 3.37. The Kier molecular flexibility index (Phi) is 1.63. The van der Waals surface area contributed by atoms with Crippen LogP contribution in [0.3, 0.4) is 0 Å². The van der Waals surface area contributed by atoms with E-state index in [4.69, 9.17) is 5.66 Å². The van der Waals surface area contributed by atoms with Gasteiger partial charge in [0.25, 0.3) is 0 Å². The van der Waals surface area contributed by atoms with Crippen molar-refractivity contribution in [3.05, 3.63) is 0 Å². The lowest BCUT2D eigenvalue weighted by Crippen LogP contribution is -2.00. The molecule has 0 aliphatic heterocycles. The van der Waals surface area contributed by atoms with Gasteiger partial charge >= 0.3 is 0 Å². The summed E-state index contributed by atoms with van der Waals surface area (Å²) >= 11 is 0. The summed E-state index contributed by atoms with van der Waals surface area (Å²) in [5.74, 6) is 0. The largest absolute Gasteiger partial charge is 0.424 e. The van der Waals surface area contributed by atoms with Gasteiger partial charge < -0.3 is 4.43 Å². The zero-order valence-electron chi connectivity index (χ0n) is 4.91. The molecule has 0 heterocycles. The molecule has 1 nitrogen and oxygen atoms in total. The van der Waals surface area contributed by atoms with Gasteiger partial charge in [0, 0.05) is 8.34 Å². The Balaban J connectivity index is 3.17. The molecule has 0 bridgehead atoms. The van der Waals surface area contributed by atoms with Gasteiger partial charge in [-0.3, -0.25) is 0 Å². The van der Waals surface area contributed by atoms with Crippen molar-refractivity contribution in [3.63, 3.8) is 0 Å². The average Bonchev–Trinajstić information content (AvgIpc) is 1.35. The standard InChI is InChI=1S/C3H10OSi/c1-4-5(2)3/h5H,1-3H3/i5T. The molecule has 0 amide bonds. The molecule has 0 aromatic heterocycles. The number of rotatable bonds is 1. The SMILES string of the molecule is [3H][Si](C)(C)OC. The Bertz CT molecular complexity index is 40.5. The molecule has 0 unspecified atom stereocenters. The molecule has 2 heteroatoms. The van der Waals surface area contributed by atoms with Crippen molar-refractivity contribution < 1.29 is 4.43 Å². The molecule has 32 valence electrons. The summed E-state index contributed by atoms with van der Waals surface area (Å²) in [5.41, 5.74) is 0. The Morgan fingerprint density at radius 3 is 2.00 bits per heavy atom. The number of hydrogen-bond donors (Lipinski definition) is 0. The van der Waals surface area contributed by atoms with Crippen LogP contribution >= 0.6 is 0 Å². The summed E-state index contributed by atoms with van der Waals surface area (Å²) in [4.78, 5) is 0. The van der Waals surface area contributed by atoms with Gasteiger partial charge in [-0.25, -0.2) is 0 Å². The molecular weight excluding hydrogens is 80.1 g/mol. The maximum atomic E-state index is 7.10. The zero-order valence-corrected chi connectivity index (χ0v) is 4.91. The van der Waals surface area contributed by atoms with Gasteiger partial charge in [-0.05, 0) is 13.1 Å². The van der Waals surface area contributed by atoms with E-state index in [0.717, 1.165) is 0 Å². The van der Waals surface area contributed by atoms with Crippen molar-refractivity contribution in [2.45, 2.75) is 13.1 Å².